The number of nitrogens with one attached hydrogen (secondary N) is 1. The van der Waals surface area contributed by atoms with Crippen LogP contribution in [0.2, 0.25) is 0 Å². The molecule has 3 rings (SSSR count). The number of fused-ring (bicyclic) bond motifs is 1. The molecule has 1 fully saturated rings. The van der Waals surface area contributed by atoms with Crippen LogP contribution in [0.1, 0.15) is 76.7 Å². The summed E-state index contributed by atoms with van der Waals surface area (Å²) in [5.41, 5.74) is -1.66. The fraction of sp³-hybridized carbons (Fsp3) is 0.677. The van der Waals surface area contributed by atoms with Crippen LogP contribution in [0.4, 0.5) is 14.9 Å². The molecule has 3 atom stereocenters. The minimum Gasteiger partial charge on any atom is -0.473 e. The lowest BCUT2D eigenvalue weighted by Crippen LogP contribution is -2.58. The highest BCUT2D eigenvalue weighted by atomic mass is 35.5. The molecule has 0 aliphatic carbocycles. The van der Waals surface area contributed by atoms with Crippen molar-refractivity contribution < 1.29 is 37.8 Å². The Morgan fingerprint density at radius 3 is 2.55 bits per heavy atom. The van der Waals surface area contributed by atoms with E-state index in [1.54, 1.807) is 23.6 Å². The van der Waals surface area contributed by atoms with Gasteiger partial charge >= 0.3 is 6.09 Å². The van der Waals surface area contributed by atoms with Gasteiger partial charge in [-0.25, -0.2) is 9.18 Å². The molecule has 0 radical (unpaired) electrons. The van der Waals surface area contributed by atoms with Crippen molar-refractivity contribution in [3.05, 3.63) is 23.3 Å². The summed E-state index contributed by atoms with van der Waals surface area (Å²) in [7, 11) is 1.45. The second-order valence-electron chi connectivity index (χ2n) is 12.1. The number of halogens is 2. The molecule has 0 aromatic heterocycles. The van der Waals surface area contributed by atoms with Crippen molar-refractivity contribution in [2.45, 2.75) is 90.7 Å². The summed E-state index contributed by atoms with van der Waals surface area (Å²) in [4.78, 5) is 57.3. The van der Waals surface area contributed by atoms with Crippen LogP contribution in [0.3, 0.4) is 0 Å². The molecule has 246 valence electrons. The predicted octanol–water partition coefficient (Wildman–Crippen LogP) is 4.49. The van der Waals surface area contributed by atoms with E-state index in [2.05, 4.69) is 5.32 Å². The zero-order chi connectivity index (χ0) is 32.8. The molecule has 0 saturated carbocycles. The molecule has 2 heterocycles. The quantitative estimate of drug-likeness (QED) is 0.335. The Kier molecular flexibility index (Phi) is 12.3. The normalized spacial score (nSPS) is 20.7. The first-order valence-corrected chi connectivity index (χ1v) is 15.6. The van der Waals surface area contributed by atoms with E-state index in [9.17, 15) is 23.6 Å². The predicted molar refractivity (Wildman–Crippen MR) is 165 cm³/mol. The number of anilines is 1. The van der Waals surface area contributed by atoms with Crippen LogP contribution in [0.5, 0.6) is 5.75 Å². The molecule has 1 N–H and O–H groups in total. The first kappa shape index (κ1) is 35.4. The maximum absolute atomic E-state index is 14.6. The Bertz CT molecular complexity index is 1220. The van der Waals surface area contributed by atoms with Crippen molar-refractivity contribution in [2.75, 3.05) is 44.8 Å². The van der Waals surface area contributed by atoms with Crippen LogP contribution in [0.25, 0.3) is 0 Å². The zero-order valence-corrected chi connectivity index (χ0v) is 27.5. The molecule has 0 spiro atoms. The van der Waals surface area contributed by atoms with Gasteiger partial charge in [-0.1, -0.05) is 32.4 Å². The molecular weight excluding hydrogens is 595 g/mol. The molecule has 13 heteroatoms. The van der Waals surface area contributed by atoms with Crippen molar-refractivity contribution in [1.82, 2.24) is 15.1 Å². The van der Waals surface area contributed by atoms with Gasteiger partial charge in [0.1, 0.15) is 12.4 Å². The van der Waals surface area contributed by atoms with Gasteiger partial charge in [0.25, 0.3) is 11.8 Å². The zero-order valence-electron chi connectivity index (χ0n) is 26.8. The summed E-state index contributed by atoms with van der Waals surface area (Å²) >= 11 is 6.18. The lowest BCUT2D eigenvalue weighted by Gasteiger charge is -2.42. The van der Waals surface area contributed by atoms with Crippen LogP contribution in [-0.2, 0) is 25.7 Å². The van der Waals surface area contributed by atoms with Crippen LogP contribution < -0.4 is 15.0 Å². The van der Waals surface area contributed by atoms with Gasteiger partial charge in [0.2, 0.25) is 11.5 Å². The van der Waals surface area contributed by atoms with E-state index in [0.29, 0.717) is 31.5 Å². The summed E-state index contributed by atoms with van der Waals surface area (Å²) in [6.45, 7) is 10.7. The number of nitrogens with zero attached hydrogens (tertiary/aromatic N) is 3. The molecule has 1 aromatic carbocycles. The molecule has 0 bridgehead atoms. The molecule has 2 aliphatic rings. The van der Waals surface area contributed by atoms with Crippen molar-refractivity contribution >= 4 is 41.1 Å². The lowest BCUT2D eigenvalue weighted by molar-refractivity contribution is -0.138. The van der Waals surface area contributed by atoms with Crippen LogP contribution >= 0.6 is 11.6 Å². The number of hydrogen-bond donors (Lipinski definition) is 1. The lowest BCUT2D eigenvalue weighted by atomic mass is 9.96. The summed E-state index contributed by atoms with van der Waals surface area (Å²) < 4.78 is 31.3. The number of carbonyl (C=O) groups is 4. The average molecular weight is 641 g/mol. The maximum atomic E-state index is 14.6. The fourth-order valence-corrected chi connectivity index (χ4v) is 5.61. The number of alkyl halides is 2. The standard InChI is InChI=1S/C31H46ClFN4O7/c1-8-26(38)34-11-13-36-24-15-23(21(16-33)14-25(24)44-31(6,18-42-7)29(36)40)28(39)37(20(4)5)22-10-9-12-35(17-22)30(41)43-27(32)19(2)3/h14-15,19-20,22,27H,8-13,16-18H2,1-7H3,(H,34,38)/t22-,27?,31+/m1/s1. The van der Waals surface area contributed by atoms with E-state index in [0.717, 1.165) is 0 Å². The number of methoxy groups -OCH3 is 1. The minimum absolute atomic E-state index is 0.0574. The number of carbonyl (C=O) groups excluding carboxylic acids is 4. The van der Waals surface area contributed by atoms with Gasteiger partial charge in [-0.15, -0.1) is 0 Å². The van der Waals surface area contributed by atoms with Gasteiger partial charge in [-0.2, -0.15) is 0 Å². The number of amides is 4. The molecule has 4 amide bonds. The monoisotopic (exact) mass is 640 g/mol. The van der Waals surface area contributed by atoms with Crippen molar-refractivity contribution in [3.63, 3.8) is 0 Å². The van der Waals surface area contributed by atoms with E-state index in [4.69, 9.17) is 25.8 Å². The van der Waals surface area contributed by atoms with Gasteiger partial charge in [0.15, 0.2) is 5.56 Å². The Hall–Kier alpha value is -3.12. The number of rotatable bonds is 12. The highest BCUT2D eigenvalue weighted by Gasteiger charge is 2.46. The van der Waals surface area contributed by atoms with Crippen LogP contribution in [0, 0.1) is 5.92 Å². The topological polar surface area (TPSA) is 118 Å². The Labute approximate surface area is 264 Å². The summed E-state index contributed by atoms with van der Waals surface area (Å²) in [6, 6.07) is 2.30. The van der Waals surface area contributed by atoms with Crippen molar-refractivity contribution in [1.29, 1.82) is 0 Å². The number of likely N-dealkylation sites (tertiary alicyclic amines) is 1. The summed E-state index contributed by atoms with van der Waals surface area (Å²) in [6.07, 6.45) is 1.03. The number of ether oxygens (including phenoxy) is 3. The smallest absolute Gasteiger partial charge is 0.411 e. The van der Waals surface area contributed by atoms with Crippen molar-refractivity contribution in [2.24, 2.45) is 5.92 Å². The molecule has 1 aromatic rings. The first-order valence-electron chi connectivity index (χ1n) is 15.2. The van der Waals surface area contributed by atoms with E-state index >= 15 is 0 Å². The van der Waals surface area contributed by atoms with Crippen molar-refractivity contribution in [3.8, 4) is 5.75 Å². The Balaban J connectivity index is 1.98. The number of hydrogen-bond acceptors (Lipinski definition) is 7. The van der Waals surface area contributed by atoms with E-state index in [1.165, 1.54) is 24.1 Å². The third kappa shape index (κ3) is 7.93. The molecule has 1 unspecified atom stereocenters. The Morgan fingerprint density at radius 1 is 1.25 bits per heavy atom. The van der Waals surface area contributed by atoms with Crippen LogP contribution in [0.15, 0.2) is 12.1 Å². The number of benzene rings is 1. The van der Waals surface area contributed by atoms with E-state index in [1.807, 2.05) is 27.7 Å². The largest absolute Gasteiger partial charge is 0.473 e. The molecule has 1 saturated heterocycles. The molecular formula is C31H46ClFN4O7. The SMILES string of the molecule is CCC(=O)NCCN1C(=O)[C@](C)(COC)Oc2cc(CF)c(C(=O)N(C(C)C)[C@@H]3CCCN(C(=O)OC(Cl)C(C)C)C3)cc21. The highest BCUT2D eigenvalue weighted by molar-refractivity contribution is 6.20. The molecule has 2 aliphatic heterocycles. The average Bonchev–Trinajstić information content (AvgIpc) is 2.98. The van der Waals surface area contributed by atoms with Gasteiger partial charge in [0.05, 0.1) is 18.3 Å². The summed E-state index contributed by atoms with van der Waals surface area (Å²) in [5, 5.41) is 2.77. The minimum atomic E-state index is -1.39. The Morgan fingerprint density at radius 2 is 1.95 bits per heavy atom. The third-order valence-corrected chi connectivity index (χ3v) is 8.45. The molecule has 44 heavy (non-hydrogen) atoms. The fourth-order valence-electron chi connectivity index (χ4n) is 5.53. The maximum Gasteiger partial charge on any atom is 0.411 e. The summed E-state index contributed by atoms with van der Waals surface area (Å²) in [5.74, 6) is -0.837. The van der Waals surface area contributed by atoms with E-state index < -0.39 is 35.7 Å². The van der Waals surface area contributed by atoms with Gasteiger partial charge < -0.3 is 34.2 Å². The van der Waals surface area contributed by atoms with Gasteiger partial charge in [-0.3, -0.25) is 14.4 Å². The van der Waals surface area contributed by atoms with Gasteiger partial charge in [0, 0.05) is 57.2 Å². The first-order chi connectivity index (χ1) is 20.8. The van der Waals surface area contributed by atoms with Crippen LogP contribution in [-0.4, -0.2) is 96.8 Å². The molecule has 11 nitrogen and oxygen atoms in total. The number of piperidine rings is 1. The second-order valence-corrected chi connectivity index (χ2v) is 12.5. The van der Waals surface area contributed by atoms with Gasteiger partial charge in [-0.05, 0) is 51.3 Å². The third-order valence-electron chi connectivity index (χ3n) is 7.86. The van der Waals surface area contributed by atoms with E-state index in [-0.39, 0.29) is 67.0 Å². The second kappa shape index (κ2) is 15.2. The highest BCUT2D eigenvalue weighted by Crippen LogP contribution is 2.41.